The summed E-state index contributed by atoms with van der Waals surface area (Å²) in [5, 5.41) is 3.93. The van der Waals surface area contributed by atoms with Crippen molar-refractivity contribution in [3.8, 4) is 0 Å². The third-order valence-corrected chi connectivity index (χ3v) is 5.10. The summed E-state index contributed by atoms with van der Waals surface area (Å²) in [6.45, 7) is 0.0974. The van der Waals surface area contributed by atoms with Crippen molar-refractivity contribution >= 4 is 34.1 Å². The van der Waals surface area contributed by atoms with Crippen LogP contribution in [0.1, 0.15) is 5.56 Å². The Bertz CT molecular complexity index is 1210. The summed E-state index contributed by atoms with van der Waals surface area (Å²) in [5.41, 5.74) is 1.94. The second-order valence-electron chi connectivity index (χ2n) is 7.55. The molecule has 0 unspecified atom stereocenters. The van der Waals surface area contributed by atoms with Crippen LogP contribution in [0.15, 0.2) is 83.7 Å². The summed E-state index contributed by atoms with van der Waals surface area (Å²) < 4.78 is 25.7. The van der Waals surface area contributed by atoms with Gasteiger partial charge in [-0.2, -0.15) is 0 Å². The van der Waals surface area contributed by atoms with Crippen LogP contribution in [0.5, 0.6) is 0 Å². The lowest BCUT2D eigenvalue weighted by Gasteiger charge is -2.38. The van der Waals surface area contributed by atoms with E-state index in [4.69, 9.17) is 11.6 Å². The molecule has 1 saturated heterocycles. The monoisotopic (exact) mass is 454 g/mol. The molecule has 0 spiro atoms. The Morgan fingerprint density at radius 1 is 1.00 bits per heavy atom. The summed E-state index contributed by atoms with van der Waals surface area (Å²) >= 11 is 5.90. The Hall–Kier alpha value is -3.29. The fraction of sp³-hybridized carbons (Fsp3) is 0.167. The highest BCUT2D eigenvalue weighted by molar-refractivity contribution is 6.31. The number of H-pyrrole nitrogens is 1. The van der Waals surface area contributed by atoms with Crippen molar-refractivity contribution in [3.05, 3.63) is 99.8 Å². The summed E-state index contributed by atoms with van der Waals surface area (Å²) in [5.74, 6) is -2.24. The lowest BCUT2D eigenvalue weighted by Crippen LogP contribution is -2.55. The van der Waals surface area contributed by atoms with Gasteiger partial charge in [0, 0.05) is 17.3 Å². The van der Waals surface area contributed by atoms with Crippen LogP contribution in [0.25, 0.3) is 10.9 Å². The van der Waals surface area contributed by atoms with Crippen LogP contribution in [-0.4, -0.2) is 33.9 Å². The number of alkyl halides is 2. The maximum atomic E-state index is 12.9. The van der Waals surface area contributed by atoms with Gasteiger partial charge in [0.15, 0.2) is 0 Å². The van der Waals surface area contributed by atoms with E-state index in [-0.39, 0.29) is 18.6 Å². The normalized spacial score (nSPS) is 14.8. The molecule has 0 radical (unpaired) electrons. The molecule has 1 fully saturated rings. The Balaban J connectivity index is 0.000000354. The minimum absolute atomic E-state index is 0.195. The summed E-state index contributed by atoms with van der Waals surface area (Å²) in [4.78, 5) is 20.9. The van der Waals surface area contributed by atoms with E-state index in [1.165, 1.54) is 0 Å². The van der Waals surface area contributed by atoms with Crippen LogP contribution in [0, 0.1) is 0 Å². The van der Waals surface area contributed by atoms with Gasteiger partial charge < -0.3 is 5.32 Å². The van der Waals surface area contributed by atoms with Crippen molar-refractivity contribution in [2.75, 3.05) is 18.4 Å². The van der Waals surface area contributed by atoms with Gasteiger partial charge in [-0.3, -0.25) is 14.7 Å². The van der Waals surface area contributed by atoms with E-state index in [0.29, 0.717) is 28.4 Å². The zero-order chi connectivity index (χ0) is 22.6. The molecule has 0 bridgehead atoms. The summed E-state index contributed by atoms with van der Waals surface area (Å²) in [6.07, 6.45) is 0. The topological polar surface area (TPSA) is 61.0 Å². The van der Waals surface area contributed by atoms with Gasteiger partial charge in [0.2, 0.25) is 5.95 Å². The predicted molar refractivity (Wildman–Crippen MR) is 124 cm³/mol. The van der Waals surface area contributed by atoms with Gasteiger partial charge in [-0.1, -0.05) is 60.1 Å². The number of aromatic amines is 1. The zero-order valence-electron chi connectivity index (χ0n) is 17.1. The molecule has 4 aromatic rings. The molecule has 0 atom stereocenters. The number of nitrogens with zero attached hydrogens (tertiary/aromatic N) is 2. The molecule has 164 valence electrons. The van der Waals surface area contributed by atoms with Crippen LogP contribution in [0.3, 0.4) is 0 Å². The number of aromatic nitrogens is 2. The van der Waals surface area contributed by atoms with Crippen molar-refractivity contribution in [2.45, 2.75) is 12.5 Å². The van der Waals surface area contributed by atoms with E-state index in [0.717, 1.165) is 11.3 Å². The molecule has 5 rings (SSSR count). The van der Waals surface area contributed by atoms with Crippen molar-refractivity contribution in [1.82, 2.24) is 14.9 Å². The molecule has 3 aromatic carbocycles. The van der Waals surface area contributed by atoms with Crippen molar-refractivity contribution in [3.63, 3.8) is 0 Å². The van der Waals surface area contributed by atoms with Gasteiger partial charge in [0.05, 0.1) is 24.0 Å². The Kier molecular flexibility index (Phi) is 6.48. The maximum Gasteiger partial charge on any atom is 0.272 e. The smallest absolute Gasteiger partial charge is 0.272 e. The van der Waals surface area contributed by atoms with Gasteiger partial charge >= 0.3 is 0 Å². The van der Waals surface area contributed by atoms with Gasteiger partial charge in [-0.15, -0.1) is 0 Å². The second kappa shape index (κ2) is 9.46. The third-order valence-electron chi connectivity index (χ3n) is 4.87. The molecule has 0 saturated carbocycles. The Morgan fingerprint density at radius 2 is 1.62 bits per heavy atom. The largest absolute Gasteiger partial charge is 0.326 e. The number of benzene rings is 3. The SMILES string of the molecule is O=c1[nH]c(Nc2ccc(CN3CC(F)(F)C3)cc2)nc2ccc(Cl)cc12.c1ccccc1. The first-order valence-electron chi connectivity index (χ1n) is 10.0. The number of likely N-dealkylation sites (tertiary alicyclic amines) is 1. The van der Waals surface area contributed by atoms with Crippen LogP contribution >= 0.6 is 11.6 Å². The number of hydrogen-bond acceptors (Lipinski definition) is 4. The molecular formula is C24H21ClF2N4O. The fourth-order valence-electron chi connectivity index (χ4n) is 3.36. The van der Waals surface area contributed by atoms with Crippen LogP contribution in [0.4, 0.5) is 20.4 Å². The number of anilines is 2. The van der Waals surface area contributed by atoms with E-state index >= 15 is 0 Å². The first-order valence-corrected chi connectivity index (χ1v) is 10.4. The molecule has 32 heavy (non-hydrogen) atoms. The predicted octanol–water partition coefficient (Wildman–Crippen LogP) is 5.46. The molecule has 1 aromatic heterocycles. The number of hydrogen-bond donors (Lipinski definition) is 2. The molecule has 5 nitrogen and oxygen atoms in total. The quantitative estimate of drug-likeness (QED) is 0.430. The standard InChI is InChI=1S/C18H15ClF2N4O.C6H6/c19-12-3-6-15-14(7-12)16(26)24-17(23-15)22-13-4-1-11(2-5-13)8-25-9-18(20,21)10-25;1-2-4-6-5-3-1/h1-7H,8-10H2,(H2,22,23,24,26);1-6H. The van der Waals surface area contributed by atoms with E-state index in [1.54, 1.807) is 23.1 Å². The van der Waals surface area contributed by atoms with Crippen molar-refractivity contribution < 1.29 is 8.78 Å². The van der Waals surface area contributed by atoms with E-state index in [2.05, 4.69) is 15.3 Å². The van der Waals surface area contributed by atoms with E-state index in [1.807, 2.05) is 60.7 Å². The highest BCUT2D eigenvalue weighted by Gasteiger charge is 2.43. The van der Waals surface area contributed by atoms with Gasteiger partial charge in [0.1, 0.15) is 0 Å². The highest BCUT2D eigenvalue weighted by atomic mass is 35.5. The number of nitrogens with one attached hydrogen (secondary N) is 2. The maximum absolute atomic E-state index is 12.9. The molecule has 2 heterocycles. The fourth-order valence-corrected chi connectivity index (χ4v) is 3.54. The molecule has 1 aliphatic rings. The highest BCUT2D eigenvalue weighted by Crippen LogP contribution is 2.28. The second-order valence-corrected chi connectivity index (χ2v) is 7.99. The minimum Gasteiger partial charge on any atom is -0.326 e. The van der Waals surface area contributed by atoms with Gasteiger partial charge in [-0.25, -0.2) is 13.8 Å². The van der Waals surface area contributed by atoms with Crippen LogP contribution < -0.4 is 10.9 Å². The molecule has 0 aliphatic carbocycles. The number of fused-ring (bicyclic) bond motifs is 1. The third kappa shape index (κ3) is 5.69. The van der Waals surface area contributed by atoms with Gasteiger partial charge in [-0.05, 0) is 35.9 Å². The van der Waals surface area contributed by atoms with E-state index < -0.39 is 5.92 Å². The van der Waals surface area contributed by atoms with Crippen molar-refractivity contribution in [2.24, 2.45) is 0 Å². The lowest BCUT2D eigenvalue weighted by atomic mass is 10.1. The average molecular weight is 455 g/mol. The number of halogens is 3. The van der Waals surface area contributed by atoms with Crippen molar-refractivity contribution in [1.29, 1.82) is 0 Å². The molecule has 1 aliphatic heterocycles. The molecule has 0 amide bonds. The zero-order valence-corrected chi connectivity index (χ0v) is 17.8. The van der Waals surface area contributed by atoms with Gasteiger partial charge in [0.25, 0.3) is 11.5 Å². The molecule has 8 heteroatoms. The van der Waals surface area contributed by atoms with Crippen LogP contribution in [0.2, 0.25) is 5.02 Å². The minimum atomic E-state index is -2.56. The van der Waals surface area contributed by atoms with E-state index in [9.17, 15) is 13.6 Å². The average Bonchev–Trinajstić information content (AvgIpc) is 2.76. The first kappa shape index (κ1) is 21.9. The molecular weight excluding hydrogens is 434 g/mol. The first-order chi connectivity index (χ1) is 15.4. The number of rotatable bonds is 4. The lowest BCUT2D eigenvalue weighted by molar-refractivity contribution is -0.133. The summed E-state index contributed by atoms with van der Waals surface area (Å²) in [6, 6.07) is 24.3. The Labute approximate surface area is 188 Å². The van der Waals surface area contributed by atoms with Crippen LogP contribution in [-0.2, 0) is 6.54 Å². The Morgan fingerprint density at radius 3 is 2.22 bits per heavy atom. The summed E-state index contributed by atoms with van der Waals surface area (Å²) in [7, 11) is 0. The molecule has 2 N–H and O–H groups in total.